The molecule has 1 aromatic heterocycles. The molecule has 3 rings (SSSR count). The van der Waals surface area contributed by atoms with E-state index in [1.165, 1.54) is 9.47 Å². The Kier molecular flexibility index (Phi) is 7.26. The quantitative estimate of drug-likeness (QED) is 0.667. The van der Waals surface area contributed by atoms with Gasteiger partial charge in [-0.3, -0.25) is 19.1 Å². The van der Waals surface area contributed by atoms with Gasteiger partial charge in [0.05, 0.1) is 6.42 Å². The maximum atomic E-state index is 13.4. The van der Waals surface area contributed by atoms with E-state index in [9.17, 15) is 14.4 Å². The molecule has 1 aromatic carbocycles. The van der Waals surface area contributed by atoms with E-state index in [1.54, 1.807) is 18.2 Å². The summed E-state index contributed by atoms with van der Waals surface area (Å²) in [6.45, 7) is 2.36. The number of hydrogen-bond acceptors (Lipinski definition) is 4. The van der Waals surface area contributed by atoms with Crippen LogP contribution >= 0.6 is 23.2 Å². The largest absolute Gasteiger partial charge is 0.383 e. The number of aromatic nitrogens is 2. The third kappa shape index (κ3) is 4.57. The molecule has 1 amide bonds. The van der Waals surface area contributed by atoms with Crippen molar-refractivity contribution in [2.75, 3.05) is 10.6 Å². The highest BCUT2D eigenvalue weighted by molar-refractivity contribution is 6.36. The Morgan fingerprint density at radius 1 is 1.23 bits per heavy atom. The van der Waals surface area contributed by atoms with Crippen LogP contribution in [0.1, 0.15) is 51.0 Å². The topological polar surface area (TPSA) is 101 Å². The Morgan fingerprint density at radius 2 is 1.87 bits per heavy atom. The predicted octanol–water partition coefficient (Wildman–Crippen LogP) is 3.74. The number of carbonyl (C=O) groups excluding carboxylic acids is 1. The minimum Gasteiger partial charge on any atom is -0.383 e. The Morgan fingerprint density at radius 3 is 2.47 bits per heavy atom. The molecule has 30 heavy (non-hydrogen) atoms. The first-order valence-corrected chi connectivity index (χ1v) is 11.0. The number of aromatic amines is 1. The molecular formula is C21H26Cl2N4O3. The van der Waals surface area contributed by atoms with E-state index < -0.39 is 11.2 Å². The lowest BCUT2D eigenvalue weighted by Gasteiger charge is -2.30. The molecule has 9 heteroatoms. The molecule has 0 saturated heterocycles. The maximum Gasteiger partial charge on any atom is 0.330 e. The van der Waals surface area contributed by atoms with Gasteiger partial charge in [-0.25, -0.2) is 4.79 Å². The summed E-state index contributed by atoms with van der Waals surface area (Å²) in [5.41, 5.74) is 5.59. The Balaban J connectivity index is 2.08. The van der Waals surface area contributed by atoms with Gasteiger partial charge in [-0.1, -0.05) is 55.5 Å². The van der Waals surface area contributed by atoms with Crippen LogP contribution in [0.3, 0.4) is 0 Å². The number of carbonyl (C=O) groups is 1. The molecule has 0 bridgehead atoms. The SMILES string of the molecule is CCCCn1c(N)c(N(C(=O)Cc2c(Cl)cccc2Cl)C2CCCC2)c(=O)[nH]c1=O. The molecule has 7 nitrogen and oxygen atoms in total. The number of nitrogens with zero attached hydrogens (tertiary/aromatic N) is 2. The highest BCUT2D eigenvalue weighted by atomic mass is 35.5. The van der Waals surface area contributed by atoms with E-state index in [4.69, 9.17) is 28.9 Å². The van der Waals surface area contributed by atoms with Gasteiger partial charge in [-0.05, 0) is 37.0 Å². The van der Waals surface area contributed by atoms with Crippen LogP contribution < -0.4 is 21.9 Å². The van der Waals surface area contributed by atoms with E-state index in [2.05, 4.69) is 4.98 Å². The van der Waals surface area contributed by atoms with Crippen molar-refractivity contribution in [3.63, 3.8) is 0 Å². The van der Waals surface area contributed by atoms with Crippen LogP contribution in [-0.4, -0.2) is 21.5 Å². The van der Waals surface area contributed by atoms with Crippen LogP contribution in [0.25, 0.3) is 0 Å². The standard InChI is InChI=1S/C21H26Cl2N4O3/c1-2-3-11-26-19(24)18(20(29)25-21(26)30)27(13-7-4-5-8-13)17(28)12-14-15(22)9-6-10-16(14)23/h6,9-10,13H,2-5,7-8,11-12,24H2,1H3,(H,25,29,30). The van der Waals surface area contributed by atoms with Crippen molar-refractivity contribution in [3.8, 4) is 0 Å². The van der Waals surface area contributed by atoms with Crippen LogP contribution in [0.2, 0.25) is 10.0 Å². The zero-order chi connectivity index (χ0) is 21.8. The van der Waals surface area contributed by atoms with E-state index in [1.807, 2.05) is 6.92 Å². The van der Waals surface area contributed by atoms with E-state index in [0.29, 0.717) is 22.2 Å². The molecule has 1 aliphatic rings. The Labute approximate surface area is 184 Å². The number of H-pyrrole nitrogens is 1. The summed E-state index contributed by atoms with van der Waals surface area (Å²) in [5, 5.41) is 0.772. The van der Waals surface area contributed by atoms with Crippen molar-refractivity contribution < 1.29 is 4.79 Å². The first kappa shape index (κ1) is 22.4. The van der Waals surface area contributed by atoms with Gasteiger partial charge in [0.15, 0.2) is 5.69 Å². The molecule has 0 unspecified atom stereocenters. The molecule has 1 fully saturated rings. The lowest BCUT2D eigenvalue weighted by molar-refractivity contribution is -0.118. The van der Waals surface area contributed by atoms with Gasteiger partial charge in [0.2, 0.25) is 5.91 Å². The van der Waals surface area contributed by atoms with Gasteiger partial charge in [-0.2, -0.15) is 0 Å². The fourth-order valence-electron chi connectivity index (χ4n) is 3.96. The van der Waals surface area contributed by atoms with Gasteiger partial charge in [0.1, 0.15) is 5.82 Å². The molecule has 162 valence electrons. The third-order valence-corrected chi connectivity index (χ3v) is 6.25. The van der Waals surface area contributed by atoms with Gasteiger partial charge in [0.25, 0.3) is 5.56 Å². The highest BCUT2D eigenvalue weighted by Gasteiger charge is 2.33. The van der Waals surface area contributed by atoms with Crippen molar-refractivity contribution in [1.29, 1.82) is 0 Å². The summed E-state index contributed by atoms with van der Waals surface area (Å²) < 4.78 is 1.33. The molecule has 2 aromatic rings. The molecule has 1 heterocycles. The summed E-state index contributed by atoms with van der Waals surface area (Å²) >= 11 is 12.5. The van der Waals surface area contributed by atoms with Crippen molar-refractivity contribution in [1.82, 2.24) is 9.55 Å². The zero-order valence-corrected chi connectivity index (χ0v) is 18.4. The van der Waals surface area contributed by atoms with Gasteiger partial charge in [0, 0.05) is 22.6 Å². The average molecular weight is 453 g/mol. The van der Waals surface area contributed by atoms with Crippen molar-refractivity contribution in [3.05, 3.63) is 54.6 Å². The minimum absolute atomic E-state index is 0.0164. The fraction of sp³-hybridized carbons (Fsp3) is 0.476. The third-order valence-electron chi connectivity index (χ3n) is 5.54. The van der Waals surface area contributed by atoms with Crippen LogP contribution in [0.4, 0.5) is 11.5 Å². The van der Waals surface area contributed by atoms with Crippen molar-refractivity contribution >= 4 is 40.6 Å². The van der Waals surface area contributed by atoms with E-state index >= 15 is 0 Å². The van der Waals surface area contributed by atoms with E-state index in [-0.39, 0.29) is 29.9 Å². The Bertz CT molecular complexity index is 1020. The highest BCUT2D eigenvalue weighted by Crippen LogP contribution is 2.31. The summed E-state index contributed by atoms with van der Waals surface area (Å²) in [6, 6.07) is 4.88. The van der Waals surface area contributed by atoms with Crippen LogP contribution in [0.5, 0.6) is 0 Å². The number of hydrogen-bond donors (Lipinski definition) is 2. The molecule has 1 aliphatic carbocycles. The second-order valence-corrected chi connectivity index (χ2v) is 8.39. The normalized spacial score (nSPS) is 14.2. The molecule has 1 saturated carbocycles. The summed E-state index contributed by atoms with van der Waals surface area (Å²) in [4.78, 5) is 42.3. The number of nitrogen functional groups attached to an aromatic ring is 1. The number of benzene rings is 1. The van der Waals surface area contributed by atoms with E-state index in [0.717, 1.165) is 38.5 Å². The van der Waals surface area contributed by atoms with Crippen molar-refractivity contribution in [2.45, 2.75) is 64.5 Å². The average Bonchev–Trinajstić information content (AvgIpc) is 3.22. The smallest absolute Gasteiger partial charge is 0.330 e. The fourth-order valence-corrected chi connectivity index (χ4v) is 4.49. The number of unbranched alkanes of at least 4 members (excludes halogenated alkanes) is 1. The minimum atomic E-state index is -0.657. The van der Waals surface area contributed by atoms with Gasteiger partial charge < -0.3 is 10.6 Å². The number of amides is 1. The summed E-state index contributed by atoms with van der Waals surface area (Å²) in [5.74, 6) is -0.308. The molecule has 0 spiro atoms. The summed E-state index contributed by atoms with van der Waals surface area (Å²) in [6.07, 6.45) is 4.94. The first-order valence-electron chi connectivity index (χ1n) is 10.2. The van der Waals surface area contributed by atoms with Crippen molar-refractivity contribution in [2.24, 2.45) is 0 Å². The molecular weight excluding hydrogens is 427 g/mol. The maximum absolute atomic E-state index is 13.4. The number of nitrogens with two attached hydrogens (primary N) is 1. The predicted molar refractivity (Wildman–Crippen MR) is 121 cm³/mol. The first-order chi connectivity index (χ1) is 14.3. The Hall–Kier alpha value is -2.25. The zero-order valence-electron chi connectivity index (χ0n) is 16.9. The second-order valence-electron chi connectivity index (χ2n) is 7.58. The van der Waals surface area contributed by atoms with Gasteiger partial charge in [-0.15, -0.1) is 0 Å². The lowest BCUT2D eigenvalue weighted by atomic mass is 10.1. The van der Waals surface area contributed by atoms with Crippen LogP contribution in [0, 0.1) is 0 Å². The van der Waals surface area contributed by atoms with Gasteiger partial charge >= 0.3 is 5.69 Å². The number of anilines is 2. The number of halogens is 2. The number of rotatable bonds is 7. The number of nitrogens with one attached hydrogen (secondary N) is 1. The lowest BCUT2D eigenvalue weighted by Crippen LogP contribution is -2.46. The van der Waals surface area contributed by atoms with Crippen LogP contribution in [0.15, 0.2) is 27.8 Å². The van der Waals surface area contributed by atoms with Crippen LogP contribution in [-0.2, 0) is 17.8 Å². The molecule has 0 atom stereocenters. The second kappa shape index (κ2) is 9.71. The molecule has 3 N–H and O–H groups in total. The molecule has 0 radical (unpaired) electrons. The molecule has 0 aliphatic heterocycles. The summed E-state index contributed by atoms with van der Waals surface area (Å²) in [7, 11) is 0. The monoisotopic (exact) mass is 452 g/mol.